The number of aromatic nitrogens is 2. The van der Waals surface area contributed by atoms with E-state index < -0.39 is 0 Å². The number of likely N-dealkylation sites (N-methyl/N-ethyl adjacent to an activating group) is 2. The average Bonchev–Trinajstić information content (AvgIpc) is 2.86. The normalized spacial score (nSPS) is 21.8. The van der Waals surface area contributed by atoms with Crippen LogP contribution in [-0.4, -0.2) is 66.3 Å². The molecular weight excluding hydrogens is 254 g/mol. The van der Waals surface area contributed by atoms with E-state index in [-0.39, 0.29) is 6.04 Å². The first-order chi connectivity index (χ1) is 9.56. The quantitative estimate of drug-likeness (QED) is 0.783. The van der Waals surface area contributed by atoms with Crippen LogP contribution in [0, 0.1) is 0 Å². The molecule has 1 fully saturated rings. The lowest BCUT2D eigenvalue weighted by Crippen LogP contribution is -2.45. The van der Waals surface area contributed by atoms with Gasteiger partial charge < -0.3 is 14.7 Å². The number of nitrogens with one attached hydrogen (secondary N) is 1. The second-order valence-corrected chi connectivity index (χ2v) is 6.02. The molecule has 0 saturated carbocycles. The summed E-state index contributed by atoms with van der Waals surface area (Å²) in [6.07, 6.45) is 1.87. The van der Waals surface area contributed by atoms with Crippen LogP contribution in [0.2, 0.25) is 0 Å². The third-order valence-electron chi connectivity index (χ3n) is 3.75. The summed E-state index contributed by atoms with van der Waals surface area (Å²) in [7, 11) is 4.26. The maximum absolute atomic E-state index is 5.37. The van der Waals surface area contributed by atoms with Gasteiger partial charge >= 0.3 is 0 Å². The molecule has 0 bridgehead atoms. The summed E-state index contributed by atoms with van der Waals surface area (Å²) in [6.45, 7) is 8.40. The first-order valence-corrected chi connectivity index (χ1v) is 7.51. The molecule has 6 nitrogen and oxygen atoms in total. The molecule has 1 aliphatic heterocycles. The fourth-order valence-corrected chi connectivity index (χ4v) is 2.42. The molecule has 114 valence electrons. The Morgan fingerprint density at radius 1 is 1.35 bits per heavy atom. The third-order valence-corrected chi connectivity index (χ3v) is 3.75. The van der Waals surface area contributed by atoms with Gasteiger partial charge in [0.15, 0.2) is 5.82 Å². The zero-order chi connectivity index (χ0) is 14.5. The minimum absolute atomic E-state index is 0.250. The summed E-state index contributed by atoms with van der Waals surface area (Å²) in [5, 5.41) is 7.56. The highest BCUT2D eigenvalue weighted by Gasteiger charge is 2.27. The molecule has 1 unspecified atom stereocenters. The molecule has 1 saturated heterocycles. The van der Waals surface area contributed by atoms with Gasteiger partial charge in [0.05, 0.1) is 6.04 Å². The summed E-state index contributed by atoms with van der Waals surface area (Å²) in [4.78, 5) is 9.17. The van der Waals surface area contributed by atoms with E-state index in [2.05, 4.69) is 53.2 Å². The molecule has 2 rings (SSSR count). The molecule has 0 amide bonds. The Labute approximate surface area is 121 Å². The van der Waals surface area contributed by atoms with E-state index in [1.165, 1.54) is 0 Å². The lowest BCUT2D eigenvalue weighted by molar-refractivity contribution is 0.108. The van der Waals surface area contributed by atoms with E-state index in [1.807, 2.05) is 0 Å². The summed E-state index contributed by atoms with van der Waals surface area (Å²) < 4.78 is 5.37. The van der Waals surface area contributed by atoms with E-state index in [4.69, 9.17) is 4.52 Å². The Kier molecular flexibility index (Phi) is 5.51. The van der Waals surface area contributed by atoms with Crippen molar-refractivity contribution in [1.82, 2.24) is 25.3 Å². The topological polar surface area (TPSA) is 57.4 Å². The third kappa shape index (κ3) is 4.26. The van der Waals surface area contributed by atoms with Crippen LogP contribution in [0.3, 0.4) is 0 Å². The average molecular weight is 281 g/mol. The molecule has 0 aromatic carbocycles. The van der Waals surface area contributed by atoms with Gasteiger partial charge in [-0.2, -0.15) is 4.98 Å². The minimum atomic E-state index is 0.250. The highest BCUT2D eigenvalue weighted by atomic mass is 16.5. The largest absolute Gasteiger partial charge is 0.339 e. The molecule has 0 spiro atoms. The molecule has 0 aliphatic carbocycles. The second kappa shape index (κ2) is 7.15. The molecule has 2 heterocycles. The zero-order valence-electron chi connectivity index (χ0n) is 13.1. The van der Waals surface area contributed by atoms with Crippen molar-refractivity contribution in [3.05, 3.63) is 11.7 Å². The van der Waals surface area contributed by atoms with Crippen LogP contribution in [0.5, 0.6) is 0 Å². The van der Waals surface area contributed by atoms with E-state index in [0.717, 1.165) is 50.7 Å². The molecule has 1 aromatic rings. The molecular formula is C14H27N5O. The molecule has 20 heavy (non-hydrogen) atoms. The maximum atomic E-state index is 5.37. The molecule has 1 aromatic heterocycles. The number of aryl methyl sites for hydroxylation is 1. The highest BCUT2D eigenvalue weighted by Crippen LogP contribution is 2.20. The van der Waals surface area contributed by atoms with Crippen LogP contribution in [-0.2, 0) is 6.42 Å². The van der Waals surface area contributed by atoms with Crippen LogP contribution in [0.1, 0.15) is 38.0 Å². The Hall–Kier alpha value is -0.980. The number of piperazine rings is 1. The van der Waals surface area contributed by atoms with Gasteiger partial charge in [0.2, 0.25) is 5.89 Å². The van der Waals surface area contributed by atoms with E-state index in [9.17, 15) is 0 Å². The lowest BCUT2D eigenvalue weighted by Gasteiger charge is -2.35. The van der Waals surface area contributed by atoms with Crippen LogP contribution in [0.15, 0.2) is 4.52 Å². The van der Waals surface area contributed by atoms with Crippen LogP contribution < -0.4 is 5.32 Å². The Morgan fingerprint density at radius 3 is 2.90 bits per heavy atom. The second-order valence-electron chi connectivity index (χ2n) is 6.02. The summed E-state index contributed by atoms with van der Waals surface area (Å²) >= 11 is 0. The Morgan fingerprint density at radius 2 is 2.15 bits per heavy atom. The van der Waals surface area contributed by atoms with Crippen LogP contribution in [0.4, 0.5) is 0 Å². The predicted molar refractivity (Wildman–Crippen MR) is 78.6 cm³/mol. The fourth-order valence-electron chi connectivity index (χ4n) is 2.42. The Balaban J connectivity index is 1.85. The van der Waals surface area contributed by atoms with Crippen molar-refractivity contribution in [2.45, 2.75) is 38.8 Å². The van der Waals surface area contributed by atoms with Crippen molar-refractivity contribution in [1.29, 1.82) is 0 Å². The van der Waals surface area contributed by atoms with Gasteiger partial charge in [-0.05, 0) is 27.1 Å². The van der Waals surface area contributed by atoms with Gasteiger partial charge in [-0.3, -0.25) is 4.90 Å². The molecule has 1 N–H and O–H groups in total. The molecule has 0 radical (unpaired) electrons. The Bertz CT molecular complexity index is 406. The minimum Gasteiger partial charge on any atom is -0.339 e. The van der Waals surface area contributed by atoms with E-state index in [0.29, 0.717) is 6.04 Å². The lowest BCUT2D eigenvalue weighted by atomic mass is 10.2. The van der Waals surface area contributed by atoms with Crippen molar-refractivity contribution in [3.8, 4) is 0 Å². The van der Waals surface area contributed by atoms with Crippen molar-refractivity contribution in [2.75, 3.05) is 40.3 Å². The van der Waals surface area contributed by atoms with Gasteiger partial charge in [0, 0.05) is 32.1 Å². The number of rotatable bonds is 6. The van der Waals surface area contributed by atoms with Crippen molar-refractivity contribution < 1.29 is 4.52 Å². The number of hydrogen-bond acceptors (Lipinski definition) is 6. The SMILES string of the molecule is CC(C)NCCCc1nc(C2CN(C)CCN2C)no1. The van der Waals surface area contributed by atoms with Gasteiger partial charge in [-0.15, -0.1) is 0 Å². The van der Waals surface area contributed by atoms with E-state index in [1.54, 1.807) is 0 Å². The van der Waals surface area contributed by atoms with Crippen molar-refractivity contribution in [3.63, 3.8) is 0 Å². The first-order valence-electron chi connectivity index (χ1n) is 7.51. The summed E-state index contributed by atoms with van der Waals surface area (Å²) in [5.41, 5.74) is 0. The van der Waals surface area contributed by atoms with Gasteiger partial charge in [0.1, 0.15) is 0 Å². The molecule has 1 aliphatic rings. The summed E-state index contributed by atoms with van der Waals surface area (Å²) in [5.74, 6) is 1.58. The van der Waals surface area contributed by atoms with E-state index >= 15 is 0 Å². The van der Waals surface area contributed by atoms with Crippen molar-refractivity contribution in [2.24, 2.45) is 0 Å². The number of hydrogen-bond donors (Lipinski definition) is 1. The van der Waals surface area contributed by atoms with Crippen LogP contribution >= 0.6 is 0 Å². The highest BCUT2D eigenvalue weighted by molar-refractivity contribution is 4.98. The van der Waals surface area contributed by atoms with Crippen molar-refractivity contribution >= 4 is 0 Å². The van der Waals surface area contributed by atoms with Crippen LogP contribution in [0.25, 0.3) is 0 Å². The maximum Gasteiger partial charge on any atom is 0.226 e. The van der Waals surface area contributed by atoms with Gasteiger partial charge in [-0.1, -0.05) is 19.0 Å². The van der Waals surface area contributed by atoms with Gasteiger partial charge in [-0.25, -0.2) is 0 Å². The monoisotopic (exact) mass is 281 g/mol. The summed E-state index contributed by atoms with van der Waals surface area (Å²) in [6, 6.07) is 0.778. The smallest absolute Gasteiger partial charge is 0.226 e. The van der Waals surface area contributed by atoms with Gasteiger partial charge in [0.25, 0.3) is 0 Å². The number of nitrogens with zero attached hydrogens (tertiary/aromatic N) is 4. The molecule has 1 atom stereocenters. The first kappa shape index (κ1) is 15.4. The standard InChI is InChI=1S/C14H27N5O/c1-11(2)15-7-5-6-13-16-14(17-20-13)12-10-18(3)8-9-19(12)4/h11-12,15H,5-10H2,1-4H3. The fraction of sp³-hybridized carbons (Fsp3) is 0.857. The molecule has 6 heteroatoms. The predicted octanol–water partition coefficient (Wildman–Crippen LogP) is 0.919. The zero-order valence-corrected chi connectivity index (χ0v) is 13.1.